The van der Waals surface area contributed by atoms with Crippen molar-refractivity contribution in [2.24, 2.45) is 20.5 Å². The second kappa shape index (κ2) is 16.4. The lowest BCUT2D eigenvalue weighted by Crippen LogP contribution is -2.20. The van der Waals surface area contributed by atoms with Crippen LogP contribution in [0, 0.1) is 13.8 Å². The van der Waals surface area contributed by atoms with Crippen molar-refractivity contribution in [2.75, 3.05) is 34.5 Å². The SMILES string of the molecule is Cc1ccc(N=Nc2ccc(NC(=O)Nc3ccc(N=Nc4ccc(C)c(S(=O)(=O)O)c4)c(NC(=O)CO)c3)cc2NC(=O)CO)cc1S(=O)(=O)O. The van der Waals surface area contributed by atoms with Gasteiger partial charge in [-0.15, -0.1) is 10.2 Å². The monoisotopic (exact) mass is 754 g/mol. The van der Waals surface area contributed by atoms with Crippen LogP contribution in [-0.2, 0) is 29.8 Å². The van der Waals surface area contributed by atoms with Crippen LogP contribution >= 0.6 is 0 Å². The minimum absolute atomic E-state index is 0.00344. The predicted molar refractivity (Wildman–Crippen MR) is 187 cm³/mol. The zero-order valence-corrected chi connectivity index (χ0v) is 28.7. The standard InChI is InChI=1S/C31H30N8O11S2/c1-17-3-5-21(13-27(17)51(45,46)47)36-38-23-9-7-19(11-25(23)34-29(42)15-40)32-31(44)33-20-8-10-24(26(12-20)35-30(43)16-41)39-37-22-6-4-18(2)28(14-22)52(48,49)50/h3-14,40-41H,15-16H2,1-2H3,(H,34,42)(H,35,43)(H2,32,33,44)(H,45,46,47)(H,48,49,50). The summed E-state index contributed by atoms with van der Waals surface area (Å²) >= 11 is 0. The molecule has 272 valence electrons. The lowest BCUT2D eigenvalue weighted by Gasteiger charge is -2.13. The number of nitrogens with one attached hydrogen (secondary N) is 4. The van der Waals surface area contributed by atoms with E-state index >= 15 is 0 Å². The molecule has 4 amide bonds. The molecule has 0 saturated heterocycles. The minimum Gasteiger partial charge on any atom is -0.387 e. The molecular formula is C31H30N8O11S2. The molecule has 52 heavy (non-hydrogen) atoms. The van der Waals surface area contributed by atoms with E-state index in [2.05, 4.69) is 41.7 Å². The van der Waals surface area contributed by atoms with Crippen molar-refractivity contribution in [3.05, 3.63) is 83.9 Å². The van der Waals surface area contributed by atoms with E-state index in [0.29, 0.717) is 0 Å². The quantitative estimate of drug-likeness (QED) is 0.0692. The van der Waals surface area contributed by atoms with E-state index in [1.807, 2.05) is 0 Å². The Morgan fingerprint density at radius 1 is 0.558 bits per heavy atom. The van der Waals surface area contributed by atoms with Gasteiger partial charge in [0.15, 0.2) is 0 Å². The Bertz CT molecular complexity index is 2170. The fourth-order valence-electron chi connectivity index (χ4n) is 4.36. The van der Waals surface area contributed by atoms with E-state index < -0.39 is 51.3 Å². The molecule has 0 aliphatic heterocycles. The predicted octanol–water partition coefficient (Wildman–Crippen LogP) is 5.13. The molecule has 4 aromatic carbocycles. The highest BCUT2D eigenvalue weighted by Gasteiger charge is 2.16. The first-order chi connectivity index (χ1) is 24.5. The third-order valence-electron chi connectivity index (χ3n) is 6.79. The van der Waals surface area contributed by atoms with Crippen molar-refractivity contribution in [2.45, 2.75) is 23.6 Å². The van der Waals surface area contributed by atoms with Crippen LogP contribution in [0.2, 0.25) is 0 Å². The van der Waals surface area contributed by atoms with Gasteiger partial charge < -0.3 is 31.5 Å². The molecular weight excluding hydrogens is 725 g/mol. The number of hydrogen-bond donors (Lipinski definition) is 8. The molecule has 4 rings (SSSR count). The molecule has 0 unspecified atom stereocenters. The molecule has 0 saturated carbocycles. The van der Waals surface area contributed by atoms with Gasteiger partial charge in [0, 0.05) is 11.4 Å². The number of urea groups is 1. The van der Waals surface area contributed by atoms with Crippen molar-refractivity contribution in [3.63, 3.8) is 0 Å². The number of amides is 4. The lowest BCUT2D eigenvalue weighted by molar-refractivity contribution is -0.119. The summed E-state index contributed by atoms with van der Waals surface area (Å²) in [5.41, 5.74) is 1.04. The number of azo groups is 2. The Morgan fingerprint density at radius 3 is 1.29 bits per heavy atom. The molecule has 0 fully saturated rings. The highest BCUT2D eigenvalue weighted by Crippen LogP contribution is 2.33. The van der Waals surface area contributed by atoms with Gasteiger partial charge in [0.1, 0.15) is 24.6 Å². The van der Waals surface area contributed by atoms with Gasteiger partial charge in [-0.2, -0.15) is 27.1 Å². The number of benzene rings is 4. The molecule has 0 aliphatic rings. The summed E-state index contributed by atoms with van der Waals surface area (Å²) in [6.07, 6.45) is 0. The first-order valence-corrected chi connectivity index (χ1v) is 17.5. The first kappa shape index (κ1) is 38.8. The summed E-state index contributed by atoms with van der Waals surface area (Å²) in [7, 11) is -9.06. The number of carbonyl (C=O) groups is 3. The Labute approximate surface area is 296 Å². The maximum atomic E-state index is 12.9. The van der Waals surface area contributed by atoms with Crippen LogP contribution in [0.1, 0.15) is 11.1 Å². The van der Waals surface area contributed by atoms with E-state index in [-0.39, 0.29) is 66.4 Å². The topological polar surface area (TPSA) is 298 Å². The highest BCUT2D eigenvalue weighted by molar-refractivity contribution is 7.86. The second-order valence-electron chi connectivity index (χ2n) is 10.7. The van der Waals surface area contributed by atoms with Crippen LogP contribution in [0.5, 0.6) is 0 Å². The summed E-state index contributed by atoms with van der Waals surface area (Å²) in [4.78, 5) is 36.2. The van der Waals surface area contributed by atoms with E-state index in [9.17, 15) is 50.5 Å². The number of aliphatic hydroxyl groups excluding tert-OH is 2. The van der Waals surface area contributed by atoms with Crippen LogP contribution in [0.15, 0.2) is 103 Å². The average molecular weight is 755 g/mol. The summed E-state index contributed by atoms with van der Waals surface area (Å²) < 4.78 is 65.5. The van der Waals surface area contributed by atoms with Crippen LogP contribution in [-0.4, -0.2) is 67.2 Å². The molecule has 19 nitrogen and oxygen atoms in total. The Morgan fingerprint density at radius 2 is 0.942 bits per heavy atom. The zero-order chi connectivity index (χ0) is 38.2. The average Bonchev–Trinajstić information content (AvgIpc) is 3.07. The molecule has 0 heterocycles. The maximum absolute atomic E-state index is 12.9. The fourth-order valence-corrected chi connectivity index (χ4v) is 5.85. The molecule has 0 spiro atoms. The Hall–Kier alpha value is -5.97. The van der Waals surface area contributed by atoms with Gasteiger partial charge in [0.2, 0.25) is 11.8 Å². The normalized spacial score (nSPS) is 11.8. The van der Waals surface area contributed by atoms with Crippen molar-refractivity contribution in [3.8, 4) is 0 Å². The summed E-state index contributed by atoms with van der Waals surface area (Å²) in [6.45, 7) is 1.19. The van der Waals surface area contributed by atoms with Crippen molar-refractivity contribution in [1.82, 2.24) is 0 Å². The van der Waals surface area contributed by atoms with E-state index in [4.69, 9.17) is 0 Å². The molecule has 8 N–H and O–H groups in total. The number of hydrogen-bond acceptors (Lipinski definition) is 13. The molecule has 21 heteroatoms. The highest BCUT2D eigenvalue weighted by atomic mass is 32.2. The van der Waals surface area contributed by atoms with Crippen LogP contribution < -0.4 is 21.3 Å². The third-order valence-corrected chi connectivity index (χ3v) is 8.78. The molecule has 0 aromatic heterocycles. The Kier molecular flexibility index (Phi) is 12.2. The number of rotatable bonds is 12. The van der Waals surface area contributed by atoms with E-state index in [1.165, 1.54) is 74.5 Å². The summed E-state index contributed by atoms with van der Waals surface area (Å²) in [6, 6.07) is 15.2. The van der Waals surface area contributed by atoms with E-state index in [1.54, 1.807) is 0 Å². The van der Waals surface area contributed by atoms with Crippen LogP contribution in [0.25, 0.3) is 0 Å². The van der Waals surface area contributed by atoms with Gasteiger partial charge >= 0.3 is 6.03 Å². The zero-order valence-electron chi connectivity index (χ0n) is 27.1. The van der Waals surface area contributed by atoms with Gasteiger partial charge in [-0.1, -0.05) is 12.1 Å². The number of aliphatic hydroxyl groups is 2. The van der Waals surface area contributed by atoms with Gasteiger partial charge in [-0.25, -0.2) is 4.79 Å². The maximum Gasteiger partial charge on any atom is 0.323 e. The van der Waals surface area contributed by atoms with Crippen molar-refractivity contribution < 1.29 is 50.5 Å². The molecule has 0 aliphatic carbocycles. The minimum atomic E-state index is -4.53. The molecule has 4 aromatic rings. The van der Waals surface area contributed by atoms with Crippen molar-refractivity contribution >= 4 is 83.6 Å². The number of aryl methyl sites for hydroxylation is 2. The third kappa shape index (κ3) is 10.5. The summed E-state index contributed by atoms with van der Waals surface area (Å²) in [5, 5.41) is 44.4. The van der Waals surface area contributed by atoms with Crippen LogP contribution in [0.3, 0.4) is 0 Å². The molecule has 0 bridgehead atoms. The van der Waals surface area contributed by atoms with Gasteiger partial charge in [-0.3, -0.25) is 18.7 Å². The number of anilines is 4. The fraction of sp³-hybridized carbons (Fsp3) is 0.129. The smallest absolute Gasteiger partial charge is 0.323 e. The summed E-state index contributed by atoms with van der Waals surface area (Å²) in [5.74, 6) is -1.64. The van der Waals surface area contributed by atoms with Gasteiger partial charge in [0.05, 0.1) is 32.5 Å². The van der Waals surface area contributed by atoms with E-state index in [0.717, 1.165) is 12.1 Å². The second-order valence-corrected chi connectivity index (χ2v) is 13.5. The lowest BCUT2D eigenvalue weighted by atomic mass is 10.2. The van der Waals surface area contributed by atoms with Crippen LogP contribution in [0.4, 0.5) is 50.3 Å². The molecule has 0 radical (unpaired) electrons. The number of carbonyl (C=O) groups excluding carboxylic acids is 3. The largest absolute Gasteiger partial charge is 0.387 e. The van der Waals surface area contributed by atoms with Gasteiger partial charge in [0.25, 0.3) is 20.2 Å². The first-order valence-electron chi connectivity index (χ1n) is 14.6. The van der Waals surface area contributed by atoms with Gasteiger partial charge in [-0.05, 0) is 85.6 Å². The number of nitrogens with zero attached hydrogens (tertiary/aromatic N) is 4. The molecule has 0 atom stereocenters. The Balaban J connectivity index is 1.56. The van der Waals surface area contributed by atoms with Crippen molar-refractivity contribution in [1.29, 1.82) is 0 Å².